The van der Waals surface area contributed by atoms with Crippen LogP contribution in [0.5, 0.6) is 0 Å². The largest absolute Gasteiger partial charge is 0.385 e. The summed E-state index contributed by atoms with van der Waals surface area (Å²) < 4.78 is 10.00. The highest BCUT2D eigenvalue weighted by Gasteiger charge is 2.06. The monoisotopic (exact) mass is 240 g/mol. The van der Waals surface area contributed by atoms with E-state index in [1.807, 2.05) is 0 Å². The van der Waals surface area contributed by atoms with Gasteiger partial charge < -0.3 is 20.5 Å². The summed E-state index contributed by atoms with van der Waals surface area (Å²) in [6.45, 7) is 3.12. The zero-order valence-corrected chi connectivity index (χ0v) is 10.6. The SMILES string of the molecule is COCCC(C)Nc1cc(N)nc(COC)n1. The number of hydrogen-bond acceptors (Lipinski definition) is 6. The number of anilines is 2. The minimum atomic E-state index is 0.264. The molecule has 17 heavy (non-hydrogen) atoms. The van der Waals surface area contributed by atoms with Gasteiger partial charge in [-0.25, -0.2) is 9.97 Å². The van der Waals surface area contributed by atoms with Crippen LogP contribution in [0.1, 0.15) is 19.2 Å². The maximum atomic E-state index is 5.69. The lowest BCUT2D eigenvalue weighted by Gasteiger charge is -2.14. The van der Waals surface area contributed by atoms with Crippen LogP contribution in [0, 0.1) is 0 Å². The van der Waals surface area contributed by atoms with Gasteiger partial charge in [-0.3, -0.25) is 0 Å². The van der Waals surface area contributed by atoms with E-state index in [4.69, 9.17) is 15.2 Å². The molecule has 0 aromatic carbocycles. The molecule has 0 aliphatic heterocycles. The fourth-order valence-corrected chi connectivity index (χ4v) is 1.40. The van der Waals surface area contributed by atoms with E-state index in [-0.39, 0.29) is 6.04 Å². The third kappa shape index (κ3) is 4.97. The quantitative estimate of drug-likeness (QED) is 0.741. The highest BCUT2D eigenvalue weighted by molar-refractivity contribution is 5.45. The number of nitrogens with one attached hydrogen (secondary N) is 1. The fourth-order valence-electron chi connectivity index (χ4n) is 1.40. The van der Waals surface area contributed by atoms with Gasteiger partial charge in [0.05, 0.1) is 0 Å². The van der Waals surface area contributed by atoms with Gasteiger partial charge in [-0.2, -0.15) is 0 Å². The van der Waals surface area contributed by atoms with Gasteiger partial charge in [0.15, 0.2) is 5.82 Å². The Labute approximate surface area is 102 Å². The van der Waals surface area contributed by atoms with E-state index < -0.39 is 0 Å². The Balaban J connectivity index is 2.63. The molecule has 6 heteroatoms. The maximum absolute atomic E-state index is 5.69. The highest BCUT2D eigenvalue weighted by Crippen LogP contribution is 2.11. The molecular weight excluding hydrogens is 220 g/mol. The van der Waals surface area contributed by atoms with Crippen LogP contribution < -0.4 is 11.1 Å². The van der Waals surface area contributed by atoms with Crippen molar-refractivity contribution in [3.05, 3.63) is 11.9 Å². The van der Waals surface area contributed by atoms with Gasteiger partial charge >= 0.3 is 0 Å². The Morgan fingerprint density at radius 2 is 2.12 bits per heavy atom. The number of ether oxygens (including phenoxy) is 2. The van der Waals surface area contributed by atoms with E-state index in [9.17, 15) is 0 Å². The summed E-state index contributed by atoms with van der Waals surface area (Å²) in [6.07, 6.45) is 0.903. The van der Waals surface area contributed by atoms with E-state index >= 15 is 0 Å². The van der Waals surface area contributed by atoms with Gasteiger partial charge in [-0.1, -0.05) is 0 Å². The predicted octanol–water partition coefficient (Wildman–Crippen LogP) is 1.04. The summed E-state index contributed by atoms with van der Waals surface area (Å²) in [5.74, 6) is 1.73. The molecule has 0 saturated heterocycles. The Kier molecular flexibility index (Phi) is 5.65. The molecule has 1 heterocycles. The number of nitrogen functional groups attached to an aromatic ring is 1. The standard InChI is InChI=1S/C11H20N4O2/c1-8(4-5-16-2)13-10-6-9(12)14-11(15-10)7-17-3/h6,8H,4-5,7H2,1-3H3,(H3,12,13,14,15). The van der Waals surface area contributed by atoms with Gasteiger partial charge in [0.25, 0.3) is 0 Å². The minimum Gasteiger partial charge on any atom is -0.385 e. The summed E-state index contributed by atoms with van der Waals surface area (Å²) in [5, 5.41) is 3.25. The lowest BCUT2D eigenvalue weighted by molar-refractivity contribution is 0.178. The number of rotatable bonds is 7. The molecule has 0 spiro atoms. The Hall–Kier alpha value is -1.40. The average molecular weight is 240 g/mol. The number of hydrogen-bond donors (Lipinski definition) is 2. The Morgan fingerprint density at radius 1 is 1.35 bits per heavy atom. The summed E-state index contributed by atoms with van der Waals surface area (Å²) >= 11 is 0. The molecule has 1 rings (SSSR count). The van der Waals surface area contributed by atoms with Gasteiger partial charge in [0, 0.05) is 32.9 Å². The maximum Gasteiger partial charge on any atom is 0.158 e. The van der Waals surface area contributed by atoms with Crippen molar-refractivity contribution in [1.82, 2.24) is 9.97 Å². The van der Waals surface area contributed by atoms with Crippen molar-refractivity contribution >= 4 is 11.6 Å². The molecule has 1 unspecified atom stereocenters. The summed E-state index contributed by atoms with van der Waals surface area (Å²) in [7, 11) is 3.28. The molecule has 0 fully saturated rings. The number of aromatic nitrogens is 2. The van der Waals surface area contributed by atoms with Crippen LogP contribution in [-0.4, -0.2) is 36.8 Å². The van der Waals surface area contributed by atoms with Crippen LogP contribution in [-0.2, 0) is 16.1 Å². The summed E-state index contributed by atoms with van der Waals surface area (Å²) in [6, 6.07) is 1.97. The van der Waals surface area contributed by atoms with E-state index in [2.05, 4.69) is 22.2 Å². The molecule has 6 nitrogen and oxygen atoms in total. The number of nitrogens with zero attached hydrogens (tertiary/aromatic N) is 2. The summed E-state index contributed by atoms with van der Waals surface area (Å²) in [4.78, 5) is 8.37. The van der Waals surface area contributed by atoms with E-state index in [0.29, 0.717) is 30.7 Å². The van der Waals surface area contributed by atoms with Crippen LogP contribution in [0.25, 0.3) is 0 Å². The molecule has 0 aliphatic rings. The fraction of sp³-hybridized carbons (Fsp3) is 0.636. The Bertz CT molecular complexity index is 346. The van der Waals surface area contributed by atoms with Gasteiger partial charge in [-0.15, -0.1) is 0 Å². The van der Waals surface area contributed by atoms with Crippen LogP contribution >= 0.6 is 0 Å². The van der Waals surface area contributed by atoms with Crippen molar-refractivity contribution in [3.63, 3.8) is 0 Å². The van der Waals surface area contributed by atoms with E-state index in [0.717, 1.165) is 6.42 Å². The van der Waals surface area contributed by atoms with Crippen molar-refractivity contribution in [1.29, 1.82) is 0 Å². The van der Waals surface area contributed by atoms with Gasteiger partial charge in [0.1, 0.15) is 18.2 Å². The zero-order chi connectivity index (χ0) is 12.7. The minimum absolute atomic E-state index is 0.264. The second kappa shape index (κ2) is 7.03. The van der Waals surface area contributed by atoms with Crippen LogP contribution in [0.15, 0.2) is 6.07 Å². The van der Waals surface area contributed by atoms with Crippen molar-refractivity contribution in [2.75, 3.05) is 31.9 Å². The molecule has 0 radical (unpaired) electrons. The van der Waals surface area contributed by atoms with Crippen molar-refractivity contribution in [2.24, 2.45) is 0 Å². The van der Waals surface area contributed by atoms with Crippen molar-refractivity contribution in [2.45, 2.75) is 26.0 Å². The molecule has 0 amide bonds. The number of nitrogens with two attached hydrogens (primary N) is 1. The molecule has 0 aliphatic carbocycles. The zero-order valence-electron chi connectivity index (χ0n) is 10.6. The molecule has 1 aromatic rings. The second-order valence-corrected chi connectivity index (χ2v) is 3.85. The first-order chi connectivity index (χ1) is 8.15. The Morgan fingerprint density at radius 3 is 2.76 bits per heavy atom. The smallest absolute Gasteiger partial charge is 0.158 e. The van der Waals surface area contributed by atoms with E-state index in [1.54, 1.807) is 20.3 Å². The molecule has 0 bridgehead atoms. The third-order valence-electron chi connectivity index (χ3n) is 2.21. The van der Waals surface area contributed by atoms with Crippen molar-refractivity contribution in [3.8, 4) is 0 Å². The van der Waals surface area contributed by atoms with Gasteiger partial charge in [0.2, 0.25) is 0 Å². The van der Waals surface area contributed by atoms with Crippen molar-refractivity contribution < 1.29 is 9.47 Å². The lowest BCUT2D eigenvalue weighted by atomic mass is 10.2. The molecule has 96 valence electrons. The molecular formula is C11H20N4O2. The first-order valence-corrected chi connectivity index (χ1v) is 5.53. The normalized spacial score (nSPS) is 12.4. The average Bonchev–Trinajstić information content (AvgIpc) is 2.26. The first kappa shape index (κ1) is 13.7. The highest BCUT2D eigenvalue weighted by atomic mass is 16.5. The lowest BCUT2D eigenvalue weighted by Crippen LogP contribution is -2.19. The third-order valence-corrected chi connectivity index (χ3v) is 2.21. The first-order valence-electron chi connectivity index (χ1n) is 5.53. The van der Waals surface area contributed by atoms with E-state index in [1.165, 1.54) is 0 Å². The van der Waals surface area contributed by atoms with Gasteiger partial charge in [-0.05, 0) is 13.3 Å². The predicted molar refractivity (Wildman–Crippen MR) is 66.7 cm³/mol. The molecule has 1 atom stereocenters. The van der Waals surface area contributed by atoms with Crippen LogP contribution in [0.3, 0.4) is 0 Å². The number of methoxy groups -OCH3 is 2. The van der Waals surface area contributed by atoms with Crippen LogP contribution in [0.4, 0.5) is 11.6 Å². The molecule has 1 aromatic heterocycles. The summed E-state index contributed by atoms with van der Waals surface area (Å²) in [5.41, 5.74) is 5.69. The second-order valence-electron chi connectivity index (χ2n) is 3.85. The van der Waals surface area contributed by atoms with Crippen LogP contribution in [0.2, 0.25) is 0 Å². The molecule has 0 saturated carbocycles. The molecule has 3 N–H and O–H groups in total. The topological polar surface area (TPSA) is 82.3 Å².